The van der Waals surface area contributed by atoms with E-state index in [1.807, 2.05) is 13.0 Å². The molecule has 1 atom stereocenters. The summed E-state index contributed by atoms with van der Waals surface area (Å²) in [5.74, 6) is -0.882. The molecule has 0 heterocycles. The standard InChI is InChI=1S/C18H19NO2/c1-12-11-14(18(20)21)9-10-16(12)19-17-8-4-6-13-5-2-3-7-15(13)17/h2-3,5,7,9-11,17,19H,4,6,8H2,1H3,(H,20,21). The number of aromatic carboxylic acids is 1. The number of rotatable bonds is 3. The second-order valence-electron chi connectivity index (χ2n) is 5.62. The zero-order valence-corrected chi connectivity index (χ0v) is 12.1. The zero-order chi connectivity index (χ0) is 14.8. The molecule has 0 saturated carbocycles. The van der Waals surface area contributed by atoms with Crippen LogP contribution in [0.2, 0.25) is 0 Å². The molecule has 0 amide bonds. The summed E-state index contributed by atoms with van der Waals surface area (Å²) in [4.78, 5) is 11.0. The molecule has 2 aromatic carbocycles. The highest BCUT2D eigenvalue weighted by Gasteiger charge is 2.20. The topological polar surface area (TPSA) is 49.3 Å². The van der Waals surface area contributed by atoms with Crippen molar-refractivity contribution < 1.29 is 9.90 Å². The monoisotopic (exact) mass is 281 g/mol. The summed E-state index contributed by atoms with van der Waals surface area (Å²) in [5.41, 5.74) is 5.10. The van der Waals surface area contributed by atoms with Gasteiger partial charge in [0, 0.05) is 5.69 Å². The maximum absolute atomic E-state index is 11.0. The van der Waals surface area contributed by atoms with Gasteiger partial charge in [-0.3, -0.25) is 0 Å². The number of fused-ring (bicyclic) bond motifs is 1. The van der Waals surface area contributed by atoms with Crippen LogP contribution in [0.4, 0.5) is 5.69 Å². The molecule has 0 aromatic heterocycles. The Morgan fingerprint density at radius 2 is 2.05 bits per heavy atom. The van der Waals surface area contributed by atoms with Crippen LogP contribution in [-0.2, 0) is 6.42 Å². The van der Waals surface area contributed by atoms with E-state index in [0.717, 1.165) is 24.1 Å². The van der Waals surface area contributed by atoms with Crippen LogP contribution in [0.3, 0.4) is 0 Å². The Kier molecular flexibility index (Phi) is 3.65. The first-order valence-electron chi connectivity index (χ1n) is 7.33. The molecule has 108 valence electrons. The van der Waals surface area contributed by atoms with E-state index >= 15 is 0 Å². The number of carboxylic acids is 1. The largest absolute Gasteiger partial charge is 0.478 e. The molecule has 2 aromatic rings. The molecule has 2 N–H and O–H groups in total. The number of nitrogens with one attached hydrogen (secondary N) is 1. The Hall–Kier alpha value is -2.29. The van der Waals surface area contributed by atoms with Gasteiger partial charge in [-0.15, -0.1) is 0 Å². The van der Waals surface area contributed by atoms with Crippen molar-refractivity contribution in [2.75, 3.05) is 5.32 Å². The fraction of sp³-hybridized carbons (Fsp3) is 0.278. The van der Waals surface area contributed by atoms with E-state index in [-0.39, 0.29) is 0 Å². The van der Waals surface area contributed by atoms with E-state index < -0.39 is 5.97 Å². The molecule has 21 heavy (non-hydrogen) atoms. The van der Waals surface area contributed by atoms with Crippen molar-refractivity contribution in [1.29, 1.82) is 0 Å². The Morgan fingerprint density at radius 1 is 1.24 bits per heavy atom. The Bertz CT molecular complexity index is 679. The van der Waals surface area contributed by atoms with Crippen molar-refractivity contribution in [2.24, 2.45) is 0 Å². The minimum Gasteiger partial charge on any atom is -0.478 e. The molecule has 1 aliphatic carbocycles. The van der Waals surface area contributed by atoms with E-state index in [4.69, 9.17) is 5.11 Å². The SMILES string of the molecule is Cc1cc(C(=O)O)ccc1NC1CCCc2ccccc21. The van der Waals surface area contributed by atoms with Crippen LogP contribution in [0, 0.1) is 6.92 Å². The molecule has 1 unspecified atom stereocenters. The van der Waals surface area contributed by atoms with E-state index in [1.165, 1.54) is 17.5 Å². The number of benzene rings is 2. The van der Waals surface area contributed by atoms with Crippen LogP contribution in [0.5, 0.6) is 0 Å². The quantitative estimate of drug-likeness (QED) is 0.887. The average molecular weight is 281 g/mol. The lowest BCUT2D eigenvalue weighted by Gasteiger charge is -2.28. The number of carboxylic acid groups (broad SMARTS) is 1. The zero-order valence-electron chi connectivity index (χ0n) is 12.1. The summed E-state index contributed by atoms with van der Waals surface area (Å²) < 4.78 is 0. The van der Waals surface area contributed by atoms with E-state index in [9.17, 15) is 4.79 Å². The summed E-state index contributed by atoms with van der Waals surface area (Å²) >= 11 is 0. The van der Waals surface area contributed by atoms with Crippen LogP contribution in [-0.4, -0.2) is 11.1 Å². The van der Waals surface area contributed by atoms with Crippen molar-refractivity contribution in [3.8, 4) is 0 Å². The van der Waals surface area contributed by atoms with Gasteiger partial charge in [-0.2, -0.15) is 0 Å². The first-order chi connectivity index (χ1) is 10.1. The molecular formula is C18H19NO2. The average Bonchev–Trinajstić information content (AvgIpc) is 2.49. The smallest absolute Gasteiger partial charge is 0.335 e. The molecule has 3 heteroatoms. The highest BCUT2D eigenvalue weighted by Crippen LogP contribution is 2.33. The minimum absolute atomic E-state index is 0.310. The first-order valence-corrected chi connectivity index (χ1v) is 7.33. The van der Waals surface area contributed by atoms with Gasteiger partial charge in [0.15, 0.2) is 0 Å². The van der Waals surface area contributed by atoms with Crippen molar-refractivity contribution in [3.63, 3.8) is 0 Å². The maximum atomic E-state index is 11.0. The van der Waals surface area contributed by atoms with Gasteiger partial charge in [-0.05, 0) is 61.1 Å². The minimum atomic E-state index is -0.882. The van der Waals surface area contributed by atoms with Crippen LogP contribution in [0.1, 0.15) is 45.9 Å². The van der Waals surface area contributed by atoms with Crippen molar-refractivity contribution >= 4 is 11.7 Å². The fourth-order valence-corrected chi connectivity index (χ4v) is 3.05. The number of anilines is 1. The van der Waals surface area contributed by atoms with Gasteiger partial charge < -0.3 is 10.4 Å². The molecule has 3 rings (SSSR count). The predicted molar refractivity (Wildman–Crippen MR) is 83.9 cm³/mol. The van der Waals surface area contributed by atoms with E-state index in [0.29, 0.717) is 11.6 Å². The Morgan fingerprint density at radius 3 is 2.81 bits per heavy atom. The van der Waals surface area contributed by atoms with Gasteiger partial charge in [0.25, 0.3) is 0 Å². The van der Waals surface area contributed by atoms with Gasteiger partial charge in [-0.25, -0.2) is 4.79 Å². The summed E-state index contributed by atoms with van der Waals surface area (Å²) in [7, 11) is 0. The molecule has 3 nitrogen and oxygen atoms in total. The molecular weight excluding hydrogens is 262 g/mol. The Balaban J connectivity index is 1.86. The highest BCUT2D eigenvalue weighted by molar-refractivity contribution is 5.88. The van der Waals surface area contributed by atoms with Gasteiger partial charge in [0.2, 0.25) is 0 Å². The van der Waals surface area contributed by atoms with E-state index in [1.54, 1.807) is 12.1 Å². The van der Waals surface area contributed by atoms with Crippen LogP contribution < -0.4 is 5.32 Å². The third-order valence-corrected chi connectivity index (χ3v) is 4.17. The van der Waals surface area contributed by atoms with Crippen molar-refractivity contribution in [3.05, 3.63) is 64.7 Å². The number of carbonyl (C=O) groups is 1. The Labute approximate surface area is 124 Å². The van der Waals surface area contributed by atoms with E-state index in [2.05, 4.69) is 29.6 Å². The third kappa shape index (κ3) is 2.77. The molecule has 0 bridgehead atoms. The summed E-state index contributed by atoms with van der Waals surface area (Å²) in [6, 6.07) is 14.1. The normalized spacial score (nSPS) is 17.1. The van der Waals surface area contributed by atoms with Crippen LogP contribution in [0.15, 0.2) is 42.5 Å². The van der Waals surface area contributed by atoms with Crippen LogP contribution in [0.25, 0.3) is 0 Å². The lowest BCUT2D eigenvalue weighted by atomic mass is 9.87. The second kappa shape index (κ2) is 5.60. The van der Waals surface area contributed by atoms with Crippen molar-refractivity contribution in [1.82, 2.24) is 0 Å². The van der Waals surface area contributed by atoms with Gasteiger partial charge >= 0.3 is 5.97 Å². The lowest BCUT2D eigenvalue weighted by molar-refractivity contribution is 0.0697. The molecule has 0 fully saturated rings. The summed E-state index contributed by atoms with van der Waals surface area (Å²) in [5, 5.41) is 12.6. The molecule has 0 saturated heterocycles. The lowest BCUT2D eigenvalue weighted by Crippen LogP contribution is -2.17. The number of hydrogen-bond donors (Lipinski definition) is 2. The van der Waals surface area contributed by atoms with Gasteiger partial charge in [-0.1, -0.05) is 24.3 Å². The molecule has 1 aliphatic rings. The third-order valence-electron chi connectivity index (χ3n) is 4.17. The fourth-order valence-electron chi connectivity index (χ4n) is 3.05. The van der Waals surface area contributed by atoms with Crippen molar-refractivity contribution in [2.45, 2.75) is 32.2 Å². The summed E-state index contributed by atoms with van der Waals surface area (Å²) in [6.07, 6.45) is 3.43. The highest BCUT2D eigenvalue weighted by atomic mass is 16.4. The van der Waals surface area contributed by atoms with Gasteiger partial charge in [0.05, 0.1) is 11.6 Å². The maximum Gasteiger partial charge on any atom is 0.335 e. The summed E-state index contributed by atoms with van der Waals surface area (Å²) in [6.45, 7) is 1.95. The predicted octanol–water partition coefficient (Wildman–Crippen LogP) is 4.18. The number of aryl methyl sites for hydroxylation is 2. The number of hydrogen-bond acceptors (Lipinski definition) is 2. The molecule has 0 radical (unpaired) electrons. The first kappa shape index (κ1) is 13.7. The van der Waals surface area contributed by atoms with Crippen LogP contribution >= 0.6 is 0 Å². The molecule has 0 spiro atoms. The second-order valence-corrected chi connectivity index (χ2v) is 5.62. The molecule has 0 aliphatic heterocycles. The van der Waals surface area contributed by atoms with Gasteiger partial charge in [0.1, 0.15) is 0 Å².